The summed E-state index contributed by atoms with van der Waals surface area (Å²) < 4.78 is 5.37. The Morgan fingerprint density at radius 2 is 2.21 bits per heavy atom. The number of phenolic OH excluding ortho intramolecular Hbond substituents is 1. The second kappa shape index (κ2) is 5.80. The molecular formula is C15H18O4. The molecule has 0 fully saturated rings. The van der Waals surface area contributed by atoms with Crippen LogP contribution in [0.4, 0.5) is 0 Å². The van der Waals surface area contributed by atoms with E-state index in [4.69, 9.17) is 14.9 Å². The molecule has 102 valence electrons. The molecule has 19 heavy (non-hydrogen) atoms. The summed E-state index contributed by atoms with van der Waals surface area (Å²) >= 11 is 0. The molecule has 1 aromatic rings. The second-order valence-corrected chi connectivity index (χ2v) is 4.67. The van der Waals surface area contributed by atoms with E-state index in [-0.39, 0.29) is 12.4 Å². The third-order valence-corrected chi connectivity index (χ3v) is 3.29. The fourth-order valence-electron chi connectivity index (χ4n) is 2.12. The highest BCUT2D eigenvalue weighted by Crippen LogP contribution is 2.32. The van der Waals surface area contributed by atoms with E-state index in [1.807, 2.05) is 13.0 Å². The first-order valence-corrected chi connectivity index (χ1v) is 6.23. The first-order chi connectivity index (χ1) is 9.15. The number of aromatic hydroxyl groups is 1. The summed E-state index contributed by atoms with van der Waals surface area (Å²) in [7, 11) is 0. The van der Waals surface area contributed by atoms with Crippen molar-refractivity contribution in [2.75, 3.05) is 6.61 Å². The summed E-state index contributed by atoms with van der Waals surface area (Å²) in [4.78, 5) is 0. The van der Waals surface area contributed by atoms with E-state index >= 15 is 0 Å². The monoisotopic (exact) mass is 262 g/mol. The zero-order valence-electron chi connectivity index (χ0n) is 10.9. The second-order valence-electron chi connectivity index (χ2n) is 4.67. The molecule has 0 bridgehead atoms. The highest BCUT2D eigenvalue weighted by atomic mass is 16.5. The molecule has 0 spiro atoms. The average molecular weight is 262 g/mol. The molecule has 0 atom stereocenters. The third-order valence-electron chi connectivity index (χ3n) is 3.29. The zero-order chi connectivity index (χ0) is 13.8. The van der Waals surface area contributed by atoms with Gasteiger partial charge in [0.2, 0.25) is 0 Å². The molecular weight excluding hydrogens is 244 g/mol. The van der Waals surface area contributed by atoms with Gasteiger partial charge in [0.05, 0.1) is 6.26 Å². The number of benzene rings is 1. The normalized spacial score (nSPS) is 14.6. The van der Waals surface area contributed by atoms with Gasteiger partial charge in [-0.3, -0.25) is 0 Å². The predicted octanol–water partition coefficient (Wildman–Crippen LogP) is 2.65. The highest BCUT2D eigenvalue weighted by molar-refractivity contribution is 5.64. The van der Waals surface area contributed by atoms with Crippen LogP contribution in [0.25, 0.3) is 6.08 Å². The van der Waals surface area contributed by atoms with E-state index in [1.54, 1.807) is 12.1 Å². The lowest BCUT2D eigenvalue weighted by Gasteiger charge is -2.20. The van der Waals surface area contributed by atoms with Crippen LogP contribution < -0.4 is 0 Å². The Kier molecular flexibility index (Phi) is 4.12. The van der Waals surface area contributed by atoms with Crippen LogP contribution in [0.3, 0.4) is 0 Å². The van der Waals surface area contributed by atoms with Gasteiger partial charge in [-0.15, -0.1) is 0 Å². The summed E-state index contributed by atoms with van der Waals surface area (Å²) in [6.07, 6.45) is 4.16. The van der Waals surface area contributed by atoms with Gasteiger partial charge in [-0.1, -0.05) is 6.07 Å². The minimum Gasteiger partial charge on any atom is -0.516 e. The van der Waals surface area contributed by atoms with E-state index in [1.165, 1.54) is 0 Å². The number of aliphatic hydroxyl groups is 2. The van der Waals surface area contributed by atoms with E-state index in [2.05, 4.69) is 0 Å². The number of aliphatic hydroxyl groups excluding tert-OH is 2. The van der Waals surface area contributed by atoms with Crippen LogP contribution in [0.15, 0.2) is 29.7 Å². The third kappa shape index (κ3) is 2.90. The molecule has 1 aromatic carbocycles. The van der Waals surface area contributed by atoms with Crippen LogP contribution in [0.2, 0.25) is 0 Å². The van der Waals surface area contributed by atoms with Gasteiger partial charge in [-0.25, -0.2) is 0 Å². The fourth-order valence-corrected chi connectivity index (χ4v) is 2.12. The van der Waals surface area contributed by atoms with Gasteiger partial charge >= 0.3 is 0 Å². The molecule has 3 N–H and O–H groups in total. The molecule has 0 saturated carbocycles. The molecule has 4 heteroatoms. The van der Waals surface area contributed by atoms with E-state index in [0.717, 1.165) is 28.5 Å². The van der Waals surface area contributed by atoms with Crippen molar-refractivity contribution in [1.29, 1.82) is 0 Å². The summed E-state index contributed by atoms with van der Waals surface area (Å²) in [5.41, 5.74) is 3.60. The Bertz CT molecular complexity index is 529. The zero-order valence-corrected chi connectivity index (χ0v) is 10.9. The van der Waals surface area contributed by atoms with Crippen molar-refractivity contribution in [3.63, 3.8) is 0 Å². The van der Waals surface area contributed by atoms with E-state index < -0.39 is 0 Å². The van der Waals surface area contributed by atoms with Crippen LogP contribution in [0.5, 0.6) is 5.75 Å². The minimum absolute atomic E-state index is 0.149. The Labute approximate surface area is 112 Å². The van der Waals surface area contributed by atoms with Crippen LogP contribution in [-0.2, 0) is 17.8 Å². The lowest BCUT2D eigenvalue weighted by atomic mass is 9.94. The fraction of sp³-hybridized carbons (Fsp3) is 0.333. The quantitative estimate of drug-likeness (QED) is 0.730. The lowest BCUT2D eigenvalue weighted by Crippen LogP contribution is -2.08. The smallest absolute Gasteiger partial charge is 0.122 e. The molecule has 1 aliphatic rings. The van der Waals surface area contributed by atoms with Crippen LogP contribution in [0.1, 0.15) is 30.0 Å². The molecule has 0 radical (unpaired) electrons. The van der Waals surface area contributed by atoms with Gasteiger partial charge in [0.25, 0.3) is 0 Å². The number of fused-ring (bicyclic) bond motifs is 1. The van der Waals surface area contributed by atoms with Gasteiger partial charge in [-0.2, -0.15) is 0 Å². The maximum Gasteiger partial charge on any atom is 0.122 e. The van der Waals surface area contributed by atoms with Crippen molar-refractivity contribution in [2.45, 2.75) is 26.4 Å². The Morgan fingerprint density at radius 3 is 2.89 bits per heavy atom. The molecule has 0 saturated heterocycles. The van der Waals surface area contributed by atoms with Crippen molar-refractivity contribution in [1.82, 2.24) is 0 Å². The molecule has 0 amide bonds. The van der Waals surface area contributed by atoms with Crippen LogP contribution in [0, 0.1) is 0 Å². The molecule has 0 aliphatic carbocycles. The maximum atomic E-state index is 10.00. The van der Waals surface area contributed by atoms with Crippen molar-refractivity contribution < 1.29 is 20.1 Å². The molecule has 4 nitrogen and oxygen atoms in total. The number of rotatable bonds is 4. The summed E-state index contributed by atoms with van der Waals surface area (Å²) in [5.74, 6) is 0.744. The maximum absolute atomic E-state index is 10.00. The van der Waals surface area contributed by atoms with Gasteiger partial charge in [0.1, 0.15) is 24.7 Å². The van der Waals surface area contributed by atoms with Gasteiger partial charge in [0, 0.05) is 5.56 Å². The molecule has 1 aliphatic heterocycles. The van der Waals surface area contributed by atoms with Crippen molar-refractivity contribution >= 4 is 6.08 Å². The summed E-state index contributed by atoms with van der Waals surface area (Å²) in [5, 5.41) is 28.0. The van der Waals surface area contributed by atoms with Gasteiger partial charge < -0.3 is 20.1 Å². The van der Waals surface area contributed by atoms with Crippen LogP contribution >= 0.6 is 0 Å². The number of ether oxygens (including phenoxy) is 1. The standard InChI is InChI=1S/C15H18O4/c1-10(7-16)2-4-13-14-6-12(8-17)19-9-11(14)3-5-15(13)18/h3,5-7,16-18H,2,4,8-9H2,1H3/b10-7+. The Balaban J connectivity index is 2.35. The Hall–Kier alpha value is -1.94. The Morgan fingerprint density at radius 1 is 1.42 bits per heavy atom. The minimum atomic E-state index is -0.149. The van der Waals surface area contributed by atoms with Crippen molar-refractivity contribution in [3.8, 4) is 5.75 Å². The largest absolute Gasteiger partial charge is 0.516 e. The number of hydrogen-bond acceptors (Lipinski definition) is 4. The molecule has 1 heterocycles. The first kappa shape index (κ1) is 13.5. The number of hydrogen-bond donors (Lipinski definition) is 3. The van der Waals surface area contributed by atoms with Crippen LogP contribution in [-0.4, -0.2) is 21.9 Å². The van der Waals surface area contributed by atoms with Gasteiger partial charge in [0.15, 0.2) is 0 Å². The molecule has 0 unspecified atom stereocenters. The van der Waals surface area contributed by atoms with Crippen molar-refractivity contribution in [2.24, 2.45) is 0 Å². The molecule has 0 aromatic heterocycles. The predicted molar refractivity (Wildman–Crippen MR) is 72.7 cm³/mol. The topological polar surface area (TPSA) is 69.9 Å². The molecule has 2 rings (SSSR count). The number of phenols is 1. The van der Waals surface area contributed by atoms with Crippen molar-refractivity contribution in [3.05, 3.63) is 46.4 Å². The summed E-state index contributed by atoms with van der Waals surface area (Å²) in [6.45, 7) is 2.10. The summed E-state index contributed by atoms with van der Waals surface area (Å²) in [6, 6.07) is 3.49. The average Bonchev–Trinajstić information content (AvgIpc) is 2.45. The first-order valence-electron chi connectivity index (χ1n) is 6.23. The van der Waals surface area contributed by atoms with E-state index in [0.29, 0.717) is 25.2 Å². The highest BCUT2D eigenvalue weighted by Gasteiger charge is 2.17. The SMILES string of the molecule is C/C(=C\O)CCc1c(O)ccc2c1C=C(CO)OC2. The van der Waals surface area contributed by atoms with Gasteiger partial charge in [-0.05, 0) is 48.6 Å². The lowest BCUT2D eigenvalue weighted by molar-refractivity contribution is 0.150. The number of allylic oxidation sites excluding steroid dienone is 1. The van der Waals surface area contributed by atoms with E-state index in [9.17, 15) is 5.11 Å².